The monoisotopic (exact) mass is 304 g/mol. The summed E-state index contributed by atoms with van der Waals surface area (Å²) in [5.41, 5.74) is 6.93. The number of nitrogen functional groups attached to an aromatic ring is 1. The average Bonchev–Trinajstić information content (AvgIpc) is 2.50. The zero-order chi connectivity index (χ0) is 16.1. The lowest BCUT2D eigenvalue weighted by atomic mass is 10.1. The zero-order valence-corrected chi connectivity index (χ0v) is 12.4. The van der Waals surface area contributed by atoms with Gasteiger partial charge in [0, 0.05) is 12.2 Å². The Morgan fingerprint density at radius 2 is 2.27 bits per heavy atom. The number of aliphatic hydroxyl groups is 1. The van der Waals surface area contributed by atoms with Gasteiger partial charge in [-0.3, -0.25) is 4.98 Å². The molecule has 0 aromatic carbocycles. The molecule has 2 aromatic heterocycles. The molecule has 0 aliphatic rings. The smallest absolute Gasteiger partial charge is 0.341 e. The number of aromatic carboxylic acids is 1. The standard InChI is InChI=1S/C15H20N4O3/c1-2-3-5-9(8-20)18-13-11(15(21)22)14(16)19-10-6-4-7-17-12(10)13/h4,6-7,9,20H,2-3,5,8H2,1H3,(H,21,22)(H3,16,18,19)/t9-/m0/s1. The van der Waals surface area contributed by atoms with E-state index in [0.717, 1.165) is 19.3 Å². The van der Waals surface area contributed by atoms with Crippen LogP contribution in [0, 0.1) is 0 Å². The van der Waals surface area contributed by atoms with Gasteiger partial charge in [-0.25, -0.2) is 9.78 Å². The molecule has 7 nitrogen and oxygen atoms in total. The number of hydrogen-bond acceptors (Lipinski definition) is 6. The number of nitrogens with one attached hydrogen (secondary N) is 1. The molecule has 118 valence electrons. The van der Waals surface area contributed by atoms with Gasteiger partial charge in [0.15, 0.2) is 0 Å². The Bertz CT molecular complexity index is 675. The number of fused-ring (bicyclic) bond motifs is 1. The molecule has 2 aromatic rings. The van der Waals surface area contributed by atoms with Gasteiger partial charge in [0.1, 0.15) is 16.9 Å². The SMILES string of the molecule is CCCC[C@@H](CO)Nc1c(C(=O)O)c(N)nc2cccnc12. The molecule has 2 rings (SSSR count). The van der Waals surface area contributed by atoms with Crippen molar-refractivity contribution in [1.82, 2.24) is 9.97 Å². The van der Waals surface area contributed by atoms with Crippen LogP contribution >= 0.6 is 0 Å². The highest BCUT2D eigenvalue weighted by atomic mass is 16.4. The van der Waals surface area contributed by atoms with Gasteiger partial charge in [-0.2, -0.15) is 0 Å². The van der Waals surface area contributed by atoms with Gasteiger partial charge in [-0.15, -0.1) is 0 Å². The number of aromatic nitrogens is 2. The van der Waals surface area contributed by atoms with E-state index in [2.05, 4.69) is 22.2 Å². The molecular weight excluding hydrogens is 284 g/mol. The Kier molecular flexibility index (Phi) is 5.11. The maximum Gasteiger partial charge on any atom is 0.341 e. The molecule has 0 bridgehead atoms. The third kappa shape index (κ3) is 3.25. The van der Waals surface area contributed by atoms with Crippen LogP contribution in [0.25, 0.3) is 11.0 Å². The van der Waals surface area contributed by atoms with Gasteiger partial charge in [0.2, 0.25) is 0 Å². The first-order chi connectivity index (χ1) is 10.6. The summed E-state index contributed by atoms with van der Waals surface area (Å²) >= 11 is 0. The van der Waals surface area contributed by atoms with Crippen molar-refractivity contribution in [3.63, 3.8) is 0 Å². The topological polar surface area (TPSA) is 121 Å². The predicted molar refractivity (Wildman–Crippen MR) is 84.9 cm³/mol. The minimum Gasteiger partial charge on any atom is -0.477 e. The van der Waals surface area contributed by atoms with Crippen LogP contribution in [-0.4, -0.2) is 38.8 Å². The van der Waals surface area contributed by atoms with E-state index in [1.54, 1.807) is 18.3 Å². The van der Waals surface area contributed by atoms with Gasteiger partial charge < -0.3 is 21.3 Å². The number of carbonyl (C=O) groups is 1. The molecule has 0 saturated carbocycles. The number of carboxylic acids is 1. The molecule has 0 saturated heterocycles. The van der Waals surface area contributed by atoms with E-state index in [4.69, 9.17) is 5.73 Å². The van der Waals surface area contributed by atoms with Crippen molar-refractivity contribution >= 4 is 28.5 Å². The van der Waals surface area contributed by atoms with Crippen LogP contribution in [0.5, 0.6) is 0 Å². The molecule has 0 aliphatic carbocycles. The number of aliphatic hydroxyl groups excluding tert-OH is 1. The van der Waals surface area contributed by atoms with Gasteiger partial charge >= 0.3 is 5.97 Å². The summed E-state index contributed by atoms with van der Waals surface area (Å²) < 4.78 is 0. The highest BCUT2D eigenvalue weighted by Crippen LogP contribution is 2.29. The number of rotatable bonds is 7. The van der Waals surface area contributed by atoms with Crippen molar-refractivity contribution in [2.24, 2.45) is 0 Å². The molecule has 0 radical (unpaired) electrons. The number of hydrogen-bond donors (Lipinski definition) is 4. The molecule has 7 heteroatoms. The van der Waals surface area contributed by atoms with Crippen molar-refractivity contribution < 1.29 is 15.0 Å². The van der Waals surface area contributed by atoms with Crippen LogP contribution in [0.2, 0.25) is 0 Å². The second-order valence-electron chi connectivity index (χ2n) is 5.09. The fourth-order valence-corrected chi connectivity index (χ4v) is 2.33. The summed E-state index contributed by atoms with van der Waals surface area (Å²) in [5.74, 6) is -1.24. The Hall–Kier alpha value is -2.41. The Labute approximate surface area is 128 Å². The molecule has 22 heavy (non-hydrogen) atoms. The van der Waals surface area contributed by atoms with Crippen molar-refractivity contribution in [1.29, 1.82) is 0 Å². The van der Waals surface area contributed by atoms with Gasteiger partial charge in [0.25, 0.3) is 0 Å². The van der Waals surface area contributed by atoms with E-state index in [1.165, 1.54) is 0 Å². The maximum atomic E-state index is 11.5. The Morgan fingerprint density at radius 3 is 2.91 bits per heavy atom. The van der Waals surface area contributed by atoms with Crippen LogP contribution < -0.4 is 11.1 Å². The summed E-state index contributed by atoms with van der Waals surface area (Å²) in [7, 11) is 0. The first-order valence-electron chi connectivity index (χ1n) is 7.23. The lowest BCUT2D eigenvalue weighted by Gasteiger charge is -2.20. The highest BCUT2D eigenvalue weighted by molar-refractivity contribution is 6.06. The van der Waals surface area contributed by atoms with Crippen LogP contribution in [-0.2, 0) is 0 Å². The van der Waals surface area contributed by atoms with Crippen molar-refractivity contribution in [3.8, 4) is 0 Å². The summed E-state index contributed by atoms with van der Waals surface area (Å²) in [5, 5.41) is 22.0. The number of pyridine rings is 2. The first-order valence-corrected chi connectivity index (χ1v) is 7.23. The molecule has 1 atom stereocenters. The Balaban J connectivity index is 2.53. The third-order valence-corrected chi connectivity index (χ3v) is 3.46. The molecular formula is C15H20N4O3. The number of nitrogens with two attached hydrogens (primary N) is 1. The van der Waals surface area contributed by atoms with E-state index in [9.17, 15) is 15.0 Å². The minimum atomic E-state index is -1.17. The normalized spacial score (nSPS) is 12.3. The van der Waals surface area contributed by atoms with E-state index in [-0.39, 0.29) is 24.0 Å². The average molecular weight is 304 g/mol. The molecule has 0 fully saturated rings. The van der Waals surface area contributed by atoms with Crippen LogP contribution in [0.15, 0.2) is 18.3 Å². The fourth-order valence-electron chi connectivity index (χ4n) is 2.33. The largest absolute Gasteiger partial charge is 0.477 e. The molecule has 5 N–H and O–H groups in total. The number of unbranched alkanes of at least 4 members (excludes halogenated alkanes) is 1. The van der Waals surface area contributed by atoms with E-state index < -0.39 is 5.97 Å². The van der Waals surface area contributed by atoms with Crippen LogP contribution in [0.4, 0.5) is 11.5 Å². The second-order valence-corrected chi connectivity index (χ2v) is 5.09. The summed E-state index contributed by atoms with van der Waals surface area (Å²) in [6.07, 6.45) is 4.20. The zero-order valence-electron chi connectivity index (χ0n) is 12.4. The fraction of sp³-hybridized carbons (Fsp3) is 0.400. The summed E-state index contributed by atoms with van der Waals surface area (Å²) in [6.45, 7) is 1.95. The number of anilines is 2. The minimum absolute atomic E-state index is 0.0670. The van der Waals surface area contributed by atoms with Crippen LogP contribution in [0.3, 0.4) is 0 Å². The quantitative estimate of drug-likeness (QED) is 0.616. The van der Waals surface area contributed by atoms with E-state index in [1.807, 2.05) is 0 Å². The highest BCUT2D eigenvalue weighted by Gasteiger charge is 2.22. The van der Waals surface area contributed by atoms with Gasteiger partial charge in [-0.1, -0.05) is 19.8 Å². The van der Waals surface area contributed by atoms with Crippen molar-refractivity contribution in [2.75, 3.05) is 17.7 Å². The molecule has 0 unspecified atom stereocenters. The Morgan fingerprint density at radius 1 is 1.50 bits per heavy atom. The van der Waals surface area contributed by atoms with Gasteiger partial charge in [0.05, 0.1) is 17.8 Å². The molecule has 2 heterocycles. The maximum absolute atomic E-state index is 11.5. The van der Waals surface area contributed by atoms with Crippen molar-refractivity contribution in [2.45, 2.75) is 32.2 Å². The lowest BCUT2D eigenvalue weighted by molar-refractivity contribution is 0.0698. The first kappa shape index (κ1) is 16.0. The van der Waals surface area contributed by atoms with E-state index in [0.29, 0.717) is 16.7 Å². The van der Waals surface area contributed by atoms with E-state index >= 15 is 0 Å². The third-order valence-electron chi connectivity index (χ3n) is 3.46. The number of carboxylic acid groups (broad SMARTS) is 1. The summed E-state index contributed by atoms with van der Waals surface area (Å²) in [4.78, 5) is 19.8. The lowest BCUT2D eigenvalue weighted by Crippen LogP contribution is -2.26. The second kappa shape index (κ2) is 7.04. The predicted octanol–water partition coefficient (Wildman–Crippen LogP) is 1.87. The van der Waals surface area contributed by atoms with Crippen LogP contribution in [0.1, 0.15) is 36.5 Å². The summed E-state index contributed by atoms with van der Waals surface area (Å²) in [6, 6.07) is 3.17. The number of nitrogens with zero attached hydrogens (tertiary/aromatic N) is 2. The molecule has 0 amide bonds. The molecule has 0 spiro atoms. The molecule has 0 aliphatic heterocycles. The van der Waals surface area contributed by atoms with Gasteiger partial charge in [-0.05, 0) is 18.6 Å². The van der Waals surface area contributed by atoms with Crippen molar-refractivity contribution in [3.05, 3.63) is 23.9 Å².